The maximum Gasteiger partial charge on any atom is 0.336 e. The van der Waals surface area contributed by atoms with Crippen LogP contribution in [0.2, 0.25) is 0 Å². The Balaban J connectivity index is 1.91. The van der Waals surface area contributed by atoms with E-state index in [1.807, 2.05) is 18.2 Å². The zero-order chi connectivity index (χ0) is 11.2. The van der Waals surface area contributed by atoms with Crippen molar-refractivity contribution in [2.75, 3.05) is 13.2 Å². The van der Waals surface area contributed by atoms with Crippen LogP contribution in [0.1, 0.15) is 17.2 Å². The fraction of sp³-hybridized carbons (Fsp3) is 0.400. The first-order chi connectivity index (χ1) is 7.64. The quantitative estimate of drug-likeness (QED) is 0.778. The van der Waals surface area contributed by atoms with Crippen molar-refractivity contribution in [2.45, 2.75) is 12.5 Å². The topological polar surface area (TPSA) is 64.6 Å². The monoisotopic (exact) mass is 241 g/mol. The Kier molecular flexibility index (Phi) is 2.17. The fourth-order valence-corrected chi connectivity index (χ4v) is 2.92. The van der Waals surface area contributed by atoms with E-state index in [2.05, 4.69) is 8.91 Å². The first-order valence-corrected chi connectivity index (χ1v) is 6.47. The second-order valence-corrected chi connectivity index (χ2v) is 5.25. The predicted molar refractivity (Wildman–Crippen MR) is 56.4 cm³/mol. The van der Waals surface area contributed by atoms with Crippen LogP contribution in [0.3, 0.4) is 0 Å². The van der Waals surface area contributed by atoms with Crippen molar-refractivity contribution < 1.29 is 17.3 Å². The summed E-state index contributed by atoms with van der Waals surface area (Å²) >= 11 is 0. The van der Waals surface area contributed by atoms with Gasteiger partial charge in [0.05, 0.1) is 19.3 Å². The Morgan fingerprint density at radius 1 is 1.38 bits per heavy atom. The standard InChI is InChI=1S/C10H11NO4S/c12-16(13)11-9(6-15-16)7-1-2-10-8(5-7)3-4-14-10/h1-2,5,9,11H,3-4,6H2/t9-/m1/s1. The molecule has 1 fully saturated rings. The number of hydrogen-bond acceptors (Lipinski definition) is 4. The Labute approximate surface area is 93.6 Å². The van der Waals surface area contributed by atoms with E-state index in [4.69, 9.17) is 4.74 Å². The van der Waals surface area contributed by atoms with Crippen LogP contribution in [-0.2, 0) is 20.9 Å². The van der Waals surface area contributed by atoms with Crippen molar-refractivity contribution in [3.05, 3.63) is 29.3 Å². The van der Waals surface area contributed by atoms with Gasteiger partial charge in [-0.1, -0.05) is 12.1 Å². The van der Waals surface area contributed by atoms with Crippen molar-refractivity contribution >= 4 is 10.3 Å². The summed E-state index contributed by atoms with van der Waals surface area (Å²) < 4.78 is 34.7. The highest BCUT2D eigenvalue weighted by Crippen LogP contribution is 2.29. The summed E-state index contributed by atoms with van der Waals surface area (Å²) in [6.45, 7) is 0.855. The summed E-state index contributed by atoms with van der Waals surface area (Å²) in [7, 11) is -3.54. The van der Waals surface area contributed by atoms with E-state index in [0.717, 1.165) is 23.3 Å². The molecule has 86 valence electrons. The van der Waals surface area contributed by atoms with Crippen molar-refractivity contribution in [3.63, 3.8) is 0 Å². The van der Waals surface area contributed by atoms with Crippen LogP contribution >= 0.6 is 0 Å². The lowest BCUT2D eigenvalue weighted by molar-refractivity contribution is 0.338. The molecule has 0 radical (unpaired) electrons. The summed E-state index contributed by atoms with van der Waals surface area (Å²) in [6, 6.07) is 5.44. The third-order valence-electron chi connectivity index (χ3n) is 2.79. The number of hydrogen-bond donors (Lipinski definition) is 1. The maximum absolute atomic E-state index is 11.1. The lowest BCUT2D eigenvalue weighted by Gasteiger charge is -2.08. The van der Waals surface area contributed by atoms with Gasteiger partial charge >= 0.3 is 10.3 Å². The Bertz CT molecular complexity index is 526. The van der Waals surface area contributed by atoms with Crippen molar-refractivity contribution in [1.82, 2.24) is 4.72 Å². The SMILES string of the molecule is O=S1(=O)N[C@@H](c2ccc3c(c2)CCO3)CO1. The lowest BCUT2D eigenvalue weighted by Crippen LogP contribution is -2.19. The summed E-state index contributed by atoms with van der Waals surface area (Å²) in [6.07, 6.45) is 0.878. The van der Waals surface area contributed by atoms with Gasteiger partial charge in [0.2, 0.25) is 0 Å². The fourth-order valence-electron chi connectivity index (χ4n) is 1.99. The smallest absolute Gasteiger partial charge is 0.336 e. The average molecular weight is 241 g/mol. The average Bonchev–Trinajstić information content (AvgIpc) is 2.82. The highest BCUT2D eigenvalue weighted by Gasteiger charge is 2.29. The summed E-state index contributed by atoms with van der Waals surface area (Å²) in [5.41, 5.74) is 2.05. The van der Waals surface area contributed by atoms with E-state index in [-0.39, 0.29) is 12.6 Å². The molecule has 0 unspecified atom stereocenters. The lowest BCUT2D eigenvalue weighted by atomic mass is 10.0. The molecule has 0 spiro atoms. The van der Waals surface area contributed by atoms with Crippen LogP contribution in [0, 0.1) is 0 Å². The zero-order valence-corrected chi connectivity index (χ0v) is 9.29. The number of ether oxygens (including phenoxy) is 1. The molecule has 1 atom stereocenters. The number of fused-ring (bicyclic) bond motifs is 1. The van der Waals surface area contributed by atoms with E-state index in [1.165, 1.54) is 0 Å². The van der Waals surface area contributed by atoms with E-state index in [0.29, 0.717) is 6.61 Å². The van der Waals surface area contributed by atoms with Gasteiger partial charge in [-0.25, -0.2) is 0 Å². The molecular weight excluding hydrogens is 230 g/mol. The van der Waals surface area contributed by atoms with E-state index in [9.17, 15) is 8.42 Å². The van der Waals surface area contributed by atoms with Gasteiger partial charge in [0.15, 0.2) is 0 Å². The zero-order valence-electron chi connectivity index (χ0n) is 8.47. The number of rotatable bonds is 1. The molecule has 1 aromatic carbocycles. The first kappa shape index (κ1) is 10.1. The van der Waals surface area contributed by atoms with Crippen LogP contribution in [0.4, 0.5) is 0 Å². The maximum atomic E-state index is 11.1. The van der Waals surface area contributed by atoms with E-state index in [1.54, 1.807) is 0 Å². The molecule has 5 nitrogen and oxygen atoms in total. The van der Waals surface area contributed by atoms with Crippen molar-refractivity contribution in [3.8, 4) is 5.75 Å². The van der Waals surface area contributed by atoms with Crippen molar-refractivity contribution in [1.29, 1.82) is 0 Å². The van der Waals surface area contributed by atoms with Crippen LogP contribution in [0.25, 0.3) is 0 Å². The molecule has 2 aliphatic heterocycles. The van der Waals surface area contributed by atoms with E-state index < -0.39 is 10.3 Å². The van der Waals surface area contributed by atoms with Crippen molar-refractivity contribution in [2.24, 2.45) is 0 Å². The molecule has 0 aromatic heterocycles. The molecule has 1 saturated heterocycles. The normalized spacial score (nSPS) is 26.4. The van der Waals surface area contributed by atoms with Gasteiger partial charge < -0.3 is 4.74 Å². The van der Waals surface area contributed by atoms with Crippen LogP contribution in [-0.4, -0.2) is 21.6 Å². The van der Waals surface area contributed by atoms with Crippen LogP contribution < -0.4 is 9.46 Å². The molecule has 0 bridgehead atoms. The van der Waals surface area contributed by atoms with Gasteiger partial charge in [-0.05, 0) is 17.2 Å². The third-order valence-corrected chi connectivity index (χ3v) is 3.81. The molecule has 0 saturated carbocycles. The molecule has 6 heteroatoms. The largest absolute Gasteiger partial charge is 0.493 e. The van der Waals surface area contributed by atoms with Crippen LogP contribution in [0.15, 0.2) is 18.2 Å². The Morgan fingerprint density at radius 3 is 3.00 bits per heavy atom. The second-order valence-electron chi connectivity index (χ2n) is 3.87. The summed E-state index contributed by atoms with van der Waals surface area (Å²) in [4.78, 5) is 0. The highest BCUT2D eigenvalue weighted by atomic mass is 32.2. The third kappa shape index (κ3) is 1.68. The van der Waals surface area contributed by atoms with Gasteiger partial charge in [-0.2, -0.15) is 13.1 Å². The summed E-state index contributed by atoms with van der Waals surface area (Å²) in [5, 5.41) is 0. The molecule has 2 aliphatic rings. The highest BCUT2D eigenvalue weighted by molar-refractivity contribution is 7.84. The predicted octanol–water partition coefficient (Wildman–Crippen LogP) is 0.527. The molecular formula is C10H11NO4S. The first-order valence-electron chi connectivity index (χ1n) is 5.06. The molecule has 16 heavy (non-hydrogen) atoms. The molecule has 3 rings (SSSR count). The minimum atomic E-state index is -3.54. The Morgan fingerprint density at radius 2 is 2.25 bits per heavy atom. The molecule has 1 aromatic rings. The van der Waals surface area contributed by atoms with Gasteiger partial charge in [-0.15, -0.1) is 0 Å². The minimum absolute atomic E-state index is 0.155. The van der Waals surface area contributed by atoms with Gasteiger partial charge in [0.25, 0.3) is 0 Å². The molecule has 1 N–H and O–H groups in total. The van der Waals surface area contributed by atoms with Gasteiger partial charge in [-0.3, -0.25) is 4.18 Å². The van der Waals surface area contributed by atoms with E-state index >= 15 is 0 Å². The number of benzene rings is 1. The summed E-state index contributed by atoms with van der Waals surface area (Å²) in [5.74, 6) is 0.894. The van der Waals surface area contributed by atoms with Crippen LogP contribution in [0.5, 0.6) is 5.75 Å². The molecule has 0 amide bonds. The number of nitrogens with one attached hydrogen (secondary N) is 1. The van der Waals surface area contributed by atoms with Gasteiger partial charge in [0.1, 0.15) is 5.75 Å². The molecule has 2 heterocycles. The molecule has 0 aliphatic carbocycles. The second kappa shape index (κ2) is 3.44. The van der Waals surface area contributed by atoms with Gasteiger partial charge in [0, 0.05) is 6.42 Å². The Hall–Kier alpha value is -1.11. The minimum Gasteiger partial charge on any atom is -0.493 e.